The minimum atomic E-state index is -0.442. The highest BCUT2D eigenvalue weighted by molar-refractivity contribution is 5.06. The average molecular weight is 281 g/mol. The summed E-state index contributed by atoms with van der Waals surface area (Å²) in [5.41, 5.74) is -0.442. The van der Waals surface area contributed by atoms with Crippen molar-refractivity contribution >= 4 is 0 Å². The van der Waals surface area contributed by atoms with Crippen molar-refractivity contribution in [3.8, 4) is 0 Å². The van der Waals surface area contributed by atoms with Crippen LogP contribution in [-0.4, -0.2) is 29.3 Å². The Bertz CT molecular complexity index is 421. The number of nitrogens with one attached hydrogen (secondary N) is 1. The molecule has 1 aliphatic rings. The van der Waals surface area contributed by atoms with Crippen LogP contribution in [0.5, 0.6) is 0 Å². The molecule has 20 heavy (non-hydrogen) atoms. The lowest BCUT2D eigenvalue weighted by Crippen LogP contribution is -2.31. The van der Waals surface area contributed by atoms with Gasteiger partial charge in [-0.1, -0.05) is 25.4 Å². The summed E-state index contributed by atoms with van der Waals surface area (Å²) in [5, 5.41) is 7.70. The van der Waals surface area contributed by atoms with E-state index in [1.165, 1.54) is 12.8 Å². The van der Waals surface area contributed by atoms with Crippen molar-refractivity contribution in [3.05, 3.63) is 11.7 Å². The summed E-state index contributed by atoms with van der Waals surface area (Å²) in [7, 11) is 0. The van der Waals surface area contributed by atoms with E-state index in [2.05, 4.69) is 29.3 Å². The van der Waals surface area contributed by atoms with Crippen molar-refractivity contribution in [1.29, 1.82) is 0 Å². The Morgan fingerprint density at radius 1 is 1.35 bits per heavy atom. The van der Waals surface area contributed by atoms with Gasteiger partial charge in [-0.3, -0.25) is 0 Å². The molecule has 1 aliphatic carbocycles. The van der Waals surface area contributed by atoms with Crippen LogP contribution in [-0.2, 0) is 10.3 Å². The molecule has 1 fully saturated rings. The van der Waals surface area contributed by atoms with Crippen molar-refractivity contribution in [1.82, 2.24) is 15.5 Å². The van der Waals surface area contributed by atoms with E-state index in [0.29, 0.717) is 24.4 Å². The van der Waals surface area contributed by atoms with Crippen LogP contribution in [0.15, 0.2) is 4.52 Å². The van der Waals surface area contributed by atoms with E-state index in [0.717, 1.165) is 25.3 Å². The highest BCUT2D eigenvalue weighted by atomic mass is 16.5. The Hall–Kier alpha value is -0.940. The van der Waals surface area contributed by atoms with Gasteiger partial charge in [0.15, 0.2) is 0 Å². The smallest absolute Gasteiger partial charge is 0.231 e. The zero-order valence-corrected chi connectivity index (χ0v) is 13.1. The van der Waals surface area contributed by atoms with Crippen LogP contribution in [0.1, 0.15) is 71.0 Å². The Morgan fingerprint density at radius 2 is 2.15 bits per heavy atom. The van der Waals surface area contributed by atoms with Gasteiger partial charge in [0.2, 0.25) is 11.7 Å². The van der Waals surface area contributed by atoms with Gasteiger partial charge in [-0.15, -0.1) is 0 Å². The third-order valence-electron chi connectivity index (χ3n) is 4.35. The fourth-order valence-electron chi connectivity index (χ4n) is 3.01. The normalized spacial score (nSPS) is 25.8. The maximum absolute atomic E-state index is 5.81. The molecular formula is C15H27N3O2. The molecule has 0 amide bonds. The second kappa shape index (κ2) is 6.68. The van der Waals surface area contributed by atoms with E-state index in [9.17, 15) is 0 Å². The van der Waals surface area contributed by atoms with E-state index in [4.69, 9.17) is 9.26 Å². The third kappa shape index (κ3) is 3.04. The topological polar surface area (TPSA) is 60.2 Å². The lowest BCUT2D eigenvalue weighted by atomic mass is 10.0. The molecule has 1 N–H and O–H groups in total. The number of aromatic nitrogens is 2. The minimum absolute atomic E-state index is 0.346. The first-order valence-corrected chi connectivity index (χ1v) is 7.86. The second-order valence-corrected chi connectivity index (χ2v) is 5.68. The van der Waals surface area contributed by atoms with Crippen LogP contribution < -0.4 is 5.32 Å². The van der Waals surface area contributed by atoms with Crippen LogP contribution in [0.2, 0.25) is 0 Å². The first kappa shape index (κ1) is 15.4. The molecule has 0 aromatic carbocycles. The number of hydrogen-bond acceptors (Lipinski definition) is 5. The van der Waals surface area contributed by atoms with Gasteiger partial charge < -0.3 is 14.6 Å². The lowest BCUT2D eigenvalue weighted by Gasteiger charge is -2.24. The van der Waals surface area contributed by atoms with Gasteiger partial charge in [-0.05, 0) is 39.7 Å². The molecule has 1 aromatic heterocycles. The maximum atomic E-state index is 5.81. The van der Waals surface area contributed by atoms with Crippen molar-refractivity contribution in [2.75, 3.05) is 13.2 Å². The molecule has 0 aliphatic heterocycles. The summed E-state index contributed by atoms with van der Waals surface area (Å²) < 4.78 is 11.4. The summed E-state index contributed by atoms with van der Waals surface area (Å²) in [6, 6.07) is 0.466. The molecule has 0 saturated heterocycles. The highest BCUT2D eigenvalue weighted by Gasteiger charge is 2.36. The zero-order chi connectivity index (χ0) is 14.6. The van der Waals surface area contributed by atoms with E-state index >= 15 is 0 Å². The van der Waals surface area contributed by atoms with Crippen LogP contribution in [0.4, 0.5) is 0 Å². The van der Waals surface area contributed by atoms with Crippen LogP contribution in [0, 0.1) is 0 Å². The molecule has 1 saturated carbocycles. The molecule has 5 nitrogen and oxygen atoms in total. The Morgan fingerprint density at radius 3 is 2.80 bits per heavy atom. The number of rotatable bonds is 7. The van der Waals surface area contributed by atoms with E-state index in [1.54, 1.807) is 0 Å². The number of ether oxygens (including phenoxy) is 1. The summed E-state index contributed by atoms with van der Waals surface area (Å²) in [6.45, 7) is 9.88. The summed E-state index contributed by atoms with van der Waals surface area (Å²) >= 11 is 0. The fraction of sp³-hybridized carbons (Fsp3) is 0.867. The lowest BCUT2D eigenvalue weighted by molar-refractivity contribution is -0.0403. The van der Waals surface area contributed by atoms with Crippen LogP contribution in [0.25, 0.3) is 0 Å². The number of nitrogens with zero attached hydrogens (tertiary/aromatic N) is 2. The van der Waals surface area contributed by atoms with Gasteiger partial charge in [0.05, 0.1) is 5.92 Å². The van der Waals surface area contributed by atoms with E-state index < -0.39 is 5.60 Å². The van der Waals surface area contributed by atoms with E-state index in [1.807, 2.05) is 13.8 Å². The quantitative estimate of drug-likeness (QED) is 0.832. The number of likely N-dealkylation sites (N-methyl/N-ethyl adjacent to an activating group) is 1. The van der Waals surface area contributed by atoms with Crippen molar-refractivity contribution in [2.45, 2.75) is 70.9 Å². The molecule has 1 aromatic rings. The first-order valence-electron chi connectivity index (χ1n) is 7.86. The predicted octanol–water partition coefficient (Wildman–Crippen LogP) is 2.98. The fourth-order valence-corrected chi connectivity index (χ4v) is 3.01. The Balaban J connectivity index is 2.15. The third-order valence-corrected chi connectivity index (χ3v) is 4.35. The van der Waals surface area contributed by atoms with Crippen molar-refractivity contribution < 1.29 is 9.26 Å². The molecule has 1 heterocycles. The molecule has 2 rings (SSSR count). The van der Waals surface area contributed by atoms with Gasteiger partial charge in [0.1, 0.15) is 5.60 Å². The largest absolute Gasteiger partial charge is 0.367 e. The van der Waals surface area contributed by atoms with E-state index in [-0.39, 0.29) is 0 Å². The summed E-state index contributed by atoms with van der Waals surface area (Å²) in [6.07, 6.45) is 4.36. The highest BCUT2D eigenvalue weighted by Crippen LogP contribution is 2.35. The monoisotopic (exact) mass is 281 g/mol. The second-order valence-electron chi connectivity index (χ2n) is 5.68. The molecule has 0 bridgehead atoms. The molecule has 114 valence electrons. The Kier molecular flexibility index (Phi) is 5.16. The predicted molar refractivity (Wildman–Crippen MR) is 77.6 cm³/mol. The average Bonchev–Trinajstić information content (AvgIpc) is 3.07. The molecule has 0 spiro atoms. The van der Waals surface area contributed by atoms with Gasteiger partial charge in [0.25, 0.3) is 0 Å². The van der Waals surface area contributed by atoms with Gasteiger partial charge in [-0.25, -0.2) is 0 Å². The van der Waals surface area contributed by atoms with Gasteiger partial charge in [-0.2, -0.15) is 4.98 Å². The maximum Gasteiger partial charge on any atom is 0.231 e. The van der Waals surface area contributed by atoms with Crippen molar-refractivity contribution in [2.24, 2.45) is 0 Å². The number of hydrogen-bond donors (Lipinski definition) is 1. The van der Waals surface area contributed by atoms with Crippen LogP contribution in [0.3, 0.4) is 0 Å². The molecule has 3 unspecified atom stereocenters. The summed E-state index contributed by atoms with van der Waals surface area (Å²) in [5.74, 6) is 1.79. The summed E-state index contributed by atoms with van der Waals surface area (Å²) in [4.78, 5) is 4.64. The van der Waals surface area contributed by atoms with Crippen LogP contribution >= 0.6 is 0 Å². The molecule has 5 heteroatoms. The SMILES string of the molecule is CCNC1CCCC1c1nc(C(C)(CC)OCC)no1. The van der Waals surface area contributed by atoms with Gasteiger partial charge in [0, 0.05) is 12.6 Å². The Labute approximate surface area is 121 Å². The zero-order valence-electron chi connectivity index (χ0n) is 13.1. The van der Waals surface area contributed by atoms with Gasteiger partial charge >= 0.3 is 0 Å². The standard InChI is InChI=1S/C15H27N3O2/c1-5-15(4,19-7-3)14-17-13(20-18-14)11-9-8-10-12(11)16-6-2/h11-12,16H,5-10H2,1-4H3. The van der Waals surface area contributed by atoms with Crippen molar-refractivity contribution in [3.63, 3.8) is 0 Å². The molecular weight excluding hydrogens is 254 g/mol. The first-order chi connectivity index (χ1) is 9.64. The minimum Gasteiger partial charge on any atom is -0.367 e. The molecule has 3 atom stereocenters. The molecule has 0 radical (unpaired) electrons.